The maximum Gasteiger partial charge on any atom is 0.239 e. The molecule has 19 nitrogen and oxygen atoms in total. The molecule has 0 radical (unpaired) electrons. The van der Waals surface area contributed by atoms with Crippen LogP contribution in [0.2, 0.25) is 0 Å². The van der Waals surface area contributed by atoms with Gasteiger partial charge in [-0.25, -0.2) is 0 Å². The van der Waals surface area contributed by atoms with Gasteiger partial charge in [0.1, 0.15) is 83.2 Å². The summed E-state index contributed by atoms with van der Waals surface area (Å²) in [7, 11) is 0. The Bertz CT molecular complexity index is 1760. The Kier molecular flexibility index (Phi) is 11.0. The summed E-state index contributed by atoms with van der Waals surface area (Å²) in [4.78, 5) is 14.0. The van der Waals surface area contributed by atoms with Gasteiger partial charge in [0, 0.05) is 17.7 Å². The Morgan fingerprint density at radius 1 is 0.673 bits per heavy atom. The minimum atomic E-state index is -1.88. The summed E-state index contributed by atoms with van der Waals surface area (Å²) < 4.78 is 40.0. The predicted molar refractivity (Wildman–Crippen MR) is 170 cm³/mol. The van der Waals surface area contributed by atoms with Crippen LogP contribution in [0.15, 0.2) is 45.6 Å². The minimum Gasteiger partial charge on any atom is -0.508 e. The van der Waals surface area contributed by atoms with Crippen LogP contribution in [0.1, 0.15) is 13.8 Å². The topological polar surface area (TPSA) is 308 Å². The van der Waals surface area contributed by atoms with Crippen LogP contribution in [0.5, 0.6) is 23.0 Å². The van der Waals surface area contributed by atoms with Gasteiger partial charge in [0.25, 0.3) is 0 Å². The quantitative estimate of drug-likeness (QED) is 0.110. The number of ether oxygens (including phenoxy) is 6. The third-order valence-electron chi connectivity index (χ3n) is 9.25. The molecule has 286 valence electrons. The first kappa shape index (κ1) is 38.1. The summed E-state index contributed by atoms with van der Waals surface area (Å²) in [5, 5.41) is 113. The van der Waals surface area contributed by atoms with Gasteiger partial charge in [-0.3, -0.25) is 4.79 Å². The van der Waals surface area contributed by atoms with E-state index >= 15 is 0 Å². The average Bonchev–Trinajstić information content (AvgIpc) is 3.11. The average molecular weight is 741 g/mol. The number of rotatable bonds is 8. The van der Waals surface area contributed by atoms with E-state index in [4.69, 9.17) is 32.8 Å². The van der Waals surface area contributed by atoms with Crippen molar-refractivity contribution in [1.29, 1.82) is 0 Å². The molecule has 3 aliphatic rings. The zero-order chi connectivity index (χ0) is 37.8. The molecule has 0 saturated carbocycles. The molecule has 3 aliphatic heterocycles. The van der Waals surface area contributed by atoms with Crippen molar-refractivity contribution in [1.82, 2.24) is 0 Å². The van der Waals surface area contributed by atoms with Crippen molar-refractivity contribution in [2.24, 2.45) is 0 Å². The summed E-state index contributed by atoms with van der Waals surface area (Å²) in [6.07, 6.45) is -23.9. The number of hydrogen-bond donors (Lipinski definition) is 11. The molecule has 0 bridgehead atoms. The zero-order valence-corrected chi connectivity index (χ0v) is 27.5. The lowest BCUT2D eigenvalue weighted by Crippen LogP contribution is -2.64. The Balaban J connectivity index is 1.37. The Labute approximate surface area is 293 Å². The molecule has 11 N–H and O–H groups in total. The van der Waals surface area contributed by atoms with Crippen molar-refractivity contribution in [2.75, 3.05) is 6.61 Å². The fourth-order valence-electron chi connectivity index (χ4n) is 6.17. The van der Waals surface area contributed by atoms with Crippen LogP contribution < -0.4 is 14.9 Å². The van der Waals surface area contributed by atoms with Crippen molar-refractivity contribution in [2.45, 2.75) is 106 Å². The number of benzene rings is 2. The normalized spacial score (nSPS) is 38.2. The molecule has 0 aliphatic carbocycles. The van der Waals surface area contributed by atoms with Crippen LogP contribution in [-0.2, 0) is 18.9 Å². The second-order valence-electron chi connectivity index (χ2n) is 12.9. The molecule has 4 heterocycles. The monoisotopic (exact) mass is 740 g/mol. The van der Waals surface area contributed by atoms with E-state index in [0.717, 1.165) is 12.1 Å². The van der Waals surface area contributed by atoms with Crippen molar-refractivity contribution in [3.8, 4) is 34.3 Å². The molecule has 3 aromatic rings. The number of aromatic hydroxyl groups is 2. The molecule has 3 fully saturated rings. The summed E-state index contributed by atoms with van der Waals surface area (Å²) in [6, 6.07) is 7.45. The highest BCUT2D eigenvalue weighted by Crippen LogP contribution is 2.39. The predicted octanol–water partition coefficient (Wildman–Crippen LogP) is -2.89. The lowest BCUT2D eigenvalue weighted by Gasteiger charge is -2.45. The fourth-order valence-corrected chi connectivity index (χ4v) is 6.17. The van der Waals surface area contributed by atoms with Crippen LogP contribution in [0.3, 0.4) is 0 Å². The number of phenolic OH excluding ortho intramolecular Hbond substituents is 2. The summed E-state index contributed by atoms with van der Waals surface area (Å²) in [6.45, 7) is 2.04. The smallest absolute Gasteiger partial charge is 0.239 e. The summed E-state index contributed by atoms with van der Waals surface area (Å²) >= 11 is 0. The molecule has 15 atom stereocenters. The molecule has 0 amide bonds. The Hall–Kier alpha value is -3.67. The van der Waals surface area contributed by atoms with E-state index in [1.165, 1.54) is 38.1 Å². The maximum absolute atomic E-state index is 14.0. The molecule has 0 spiro atoms. The third-order valence-corrected chi connectivity index (χ3v) is 9.25. The minimum absolute atomic E-state index is 0.130. The van der Waals surface area contributed by atoms with Gasteiger partial charge in [-0.1, -0.05) is 0 Å². The second-order valence-corrected chi connectivity index (χ2v) is 12.9. The van der Waals surface area contributed by atoms with Gasteiger partial charge in [-0.2, -0.15) is 0 Å². The first-order valence-corrected chi connectivity index (χ1v) is 16.2. The van der Waals surface area contributed by atoms with Crippen molar-refractivity contribution >= 4 is 11.0 Å². The lowest BCUT2D eigenvalue weighted by atomic mass is 9.97. The van der Waals surface area contributed by atoms with E-state index in [2.05, 4.69) is 0 Å². The van der Waals surface area contributed by atoms with Crippen LogP contribution in [-0.4, -0.2) is 155 Å². The lowest BCUT2D eigenvalue weighted by molar-refractivity contribution is -0.355. The van der Waals surface area contributed by atoms with E-state index in [9.17, 15) is 61.0 Å². The number of phenols is 2. The van der Waals surface area contributed by atoms with Gasteiger partial charge in [0.15, 0.2) is 18.2 Å². The molecular weight excluding hydrogens is 700 g/mol. The largest absolute Gasteiger partial charge is 0.508 e. The van der Waals surface area contributed by atoms with E-state index in [1.807, 2.05) is 0 Å². The number of hydrogen-bond acceptors (Lipinski definition) is 19. The van der Waals surface area contributed by atoms with E-state index in [-0.39, 0.29) is 28.4 Å². The van der Waals surface area contributed by atoms with Crippen LogP contribution in [0.4, 0.5) is 0 Å². The number of aliphatic hydroxyl groups is 9. The van der Waals surface area contributed by atoms with Crippen LogP contribution in [0, 0.1) is 0 Å². The third kappa shape index (κ3) is 7.03. The first-order valence-electron chi connectivity index (χ1n) is 16.2. The van der Waals surface area contributed by atoms with E-state index in [1.54, 1.807) is 0 Å². The summed E-state index contributed by atoms with van der Waals surface area (Å²) in [5.74, 6) is -1.93. The van der Waals surface area contributed by atoms with Gasteiger partial charge in [-0.15, -0.1) is 0 Å². The molecule has 2 aromatic carbocycles. The van der Waals surface area contributed by atoms with Gasteiger partial charge in [-0.05, 0) is 38.1 Å². The summed E-state index contributed by atoms with van der Waals surface area (Å²) in [5.41, 5.74) is -1.09. The number of aliphatic hydroxyl groups excluding tert-OH is 9. The van der Waals surface area contributed by atoms with Crippen LogP contribution in [0.25, 0.3) is 22.3 Å². The van der Waals surface area contributed by atoms with E-state index in [0.29, 0.717) is 0 Å². The molecule has 52 heavy (non-hydrogen) atoms. The molecule has 19 heteroatoms. The number of fused-ring (bicyclic) bond motifs is 1. The fraction of sp³-hybridized carbons (Fsp3) is 0.545. The molecule has 1 aromatic heterocycles. The van der Waals surface area contributed by atoms with Crippen molar-refractivity contribution in [3.05, 3.63) is 46.6 Å². The molecule has 1 unspecified atom stereocenters. The highest BCUT2D eigenvalue weighted by Gasteiger charge is 2.51. The second kappa shape index (κ2) is 15.0. The van der Waals surface area contributed by atoms with Crippen molar-refractivity contribution < 1.29 is 89.0 Å². The van der Waals surface area contributed by atoms with E-state index < -0.39 is 121 Å². The maximum atomic E-state index is 14.0. The Morgan fingerprint density at radius 2 is 1.27 bits per heavy atom. The van der Waals surface area contributed by atoms with Gasteiger partial charge in [0.05, 0.1) is 18.8 Å². The standard InChI is InChI=1S/C33H40O19/c1-10-19(37)23(41)26(44)31(46-10)51-29-22(40)18-15(36)7-14(8-16(18)49-28(29)12-3-5-13(35)6-4-12)48-33-30(25(43)20(38)11(2)47-33)52-32-27(45)24(42)21(39)17(9-34)50-32/h3-8,10-11,17,19-21,23-27,30-39,41-45H,9H2,1-2H3/t10-,11-,17+,19-,20-,21+,23+,24-,25+,26+,27+,30+,31-,32?,33-/m0/s1. The van der Waals surface area contributed by atoms with Crippen molar-refractivity contribution in [3.63, 3.8) is 0 Å². The van der Waals surface area contributed by atoms with Gasteiger partial charge in [0.2, 0.25) is 23.8 Å². The molecular formula is C33H40O19. The van der Waals surface area contributed by atoms with Gasteiger partial charge < -0.3 is 89.0 Å². The first-order chi connectivity index (χ1) is 24.6. The molecule has 3 saturated heterocycles. The SMILES string of the molecule is C[C@@H]1O[C@@H](Oc2c(-c3ccc(O)cc3)oc3cc(O[C@@H]4O[C@@H](C)[C@H](O)[C@@H](O)[C@H]4OC4O[C@H](CO)[C@@H](O)[C@H](O)[C@H]4O)cc(O)c3c2=O)[C@H](O)[C@H](O)[C@H]1O. The highest BCUT2D eigenvalue weighted by molar-refractivity contribution is 5.88. The molecule has 6 rings (SSSR count). The van der Waals surface area contributed by atoms with Crippen LogP contribution >= 0.6 is 0 Å². The van der Waals surface area contributed by atoms with Gasteiger partial charge >= 0.3 is 0 Å². The highest BCUT2D eigenvalue weighted by atomic mass is 16.8. The zero-order valence-electron chi connectivity index (χ0n) is 27.5. The Morgan fingerprint density at radius 3 is 1.92 bits per heavy atom.